The van der Waals surface area contributed by atoms with E-state index in [0.717, 1.165) is 67.1 Å². The first-order valence-electron chi connectivity index (χ1n) is 7.82. The summed E-state index contributed by atoms with van der Waals surface area (Å²) in [6.07, 6.45) is 4.19. The third-order valence-electron chi connectivity index (χ3n) is 3.80. The van der Waals surface area contributed by atoms with E-state index in [2.05, 4.69) is 17.6 Å². The van der Waals surface area contributed by atoms with E-state index in [1.807, 2.05) is 6.07 Å². The minimum Gasteiger partial charge on any atom is -0.486 e. The Morgan fingerprint density at radius 2 is 1.95 bits per heavy atom. The van der Waals surface area contributed by atoms with Crippen LogP contribution in [0.15, 0.2) is 12.1 Å². The van der Waals surface area contributed by atoms with Crippen molar-refractivity contribution in [1.29, 1.82) is 0 Å². The van der Waals surface area contributed by atoms with E-state index in [-0.39, 0.29) is 0 Å². The van der Waals surface area contributed by atoms with Gasteiger partial charge in [0.25, 0.3) is 0 Å². The zero-order chi connectivity index (χ0) is 14.7. The molecule has 0 unspecified atom stereocenters. The number of aryl methyl sites for hydroxylation is 2. The Labute approximate surface area is 125 Å². The molecule has 1 aromatic carbocycles. The highest BCUT2D eigenvalue weighted by molar-refractivity contribution is 5.80. The van der Waals surface area contributed by atoms with Gasteiger partial charge in [0.1, 0.15) is 19.0 Å². The van der Waals surface area contributed by atoms with Crippen LogP contribution in [0.3, 0.4) is 0 Å². The number of imidazole rings is 1. The molecule has 2 N–H and O–H groups in total. The second-order valence-corrected chi connectivity index (χ2v) is 5.41. The van der Waals surface area contributed by atoms with Crippen LogP contribution >= 0.6 is 0 Å². The molecule has 0 bridgehead atoms. The smallest absolute Gasteiger partial charge is 0.163 e. The lowest BCUT2D eigenvalue weighted by atomic mass is 10.2. The van der Waals surface area contributed by atoms with E-state index in [0.29, 0.717) is 13.2 Å². The van der Waals surface area contributed by atoms with Crippen molar-refractivity contribution in [3.63, 3.8) is 0 Å². The van der Waals surface area contributed by atoms with Gasteiger partial charge in [0.15, 0.2) is 11.5 Å². The molecule has 1 aliphatic heterocycles. The average molecular weight is 289 g/mol. The Hall–Kier alpha value is -1.75. The van der Waals surface area contributed by atoms with Crippen LogP contribution in [0, 0.1) is 0 Å². The van der Waals surface area contributed by atoms with Crippen molar-refractivity contribution in [3.05, 3.63) is 18.0 Å². The maximum atomic E-state index is 5.70. The summed E-state index contributed by atoms with van der Waals surface area (Å²) in [6.45, 7) is 5.10. The van der Waals surface area contributed by atoms with Gasteiger partial charge in [-0.05, 0) is 25.8 Å². The van der Waals surface area contributed by atoms with Crippen LogP contribution in [-0.2, 0) is 13.0 Å². The third-order valence-corrected chi connectivity index (χ3v) is 3.80. The number of hydrogen-bond donors (Lipinski definition) is 1. The summed E-state index contributed by atoms with van der Waals surface area (Å²) in [4.78, 5) is 4.79. The van der Waals surface area contributed by atoms with Crippen molar-refractivity contribution in [2.75, 3.05) is 19.8 Å². The maximum Gasteiger partial charge on any atom is 0.163 e. The van der Waals surface area contributed by atoms with E-state index in [9.17, 15) is 0 Å². The Morgan fingerprint density at radius 1 is 1.19 bits per heavy atom. The maximum absolute atomic E-state index is 5.70. The molecule has 0 spiro atoms. The van der Waals surface area contributed by atoms with Crippen LogP contribution in [0.5, 0.6) is 11.5 Å². The minimum absolute atomic E-state index is 0.609. The topological polar surface area (TPSA) is 62.3 Å². The van der Waals surface area contributed by atoms with E-state index < -0.39 is 0 Å². The number of unbranched alkanes of at least 4 members (excludes halogenated alkanes) is 1. The first-order chi connectivity index (χ1) is 10.3. The van der Waals surface area contributed by atoms with E-state index in [1.165, 1.54) is 0 Å². The number of nitrogens with two attached hydrogens (primary N) is 1. The zero-order valence-electron chi connectivity index (χ0n) is 12.6. The summed E-state index contributed by atoms with van der Waals surface area (Å²) in [5.74, 6) is 2.78. The van der Waals surface area contributed by atoms with Gasteiger partial charge in [-0.2, -0.15) is 0 Å². The Bertz CT molecular complexity index is 621. The highest BCUT2D eigenvalue weighted by Gasteiger charge is 2.17. The average Bonchev–Trinajstić information content (AvgIpc) is 2.83. The monoisotopic (exact) mass is 289 g/mol. The fourth-order valence-electron chi connectivity index (χ4n) is 2.79. The summed E-state index contributed by atoms with van der Waals surface area (Å²) < 4.78 is 13.7. The first kappa shape index (κ1) is 14.2. The van der Waals surface area contributed by atoms with Crippen LogP contribution in [0.1, 0.15) is 32.0 Å². The number of benzene rings is 1. The Kier molecular flexibility index (Phi) is 4.29. The molecule has 21 heavy (non-hydrogen) atoms. The predicted molar refractivity (Wildman–Crippen MR) is 83.0 cm³/mol. The number of ether oxygens (including phenoxy) is 2. The fraction of sp³-hybridized carbons (Fsp3) is 0.562. The standard InChI is InChI=1S/C16H23N3O2/c1-2-5-16-18-12-10-14-15(21-9-8-20-14)11-13(12)19(16)7-4-3-6-17/h10-11H,2-9,17H2,1H3. The lowest BCUT2D eigenvalue weighted by Gasteiger charge is -2.18. The molecule has 2 heterocycles. The molecule has 114 valence electrons. The van der Waals surface area contributed by atoms with Crippen LogP contribution < -0.4 is 15.2 Å². The number of aromatic nitrogens is 2. The normalized spacial score (nSPS) is 13.8. The van der Waals surface area contributed by atoms with Gasteiger partial charge in [0, 0.05) is 25.1 Å². The minimum atomic E-state index is 0.609. The Morgan fingerprint density at radius 3 is 2.67 bits per heavy atom. The quantitative estimate of drug-likeness (QED) is 0.830. The third kappa shape index (κ3) is 2.83. The molecule has 3 rings (SSSR count). The van der Waals surface area contributed by atoms with Crippen LogP contribution in [0.4, 0.5) is 0 Å². The number of rotatable bonds is 6. The molecule has 2 aromatic rings. The van der Waals surface area contributed by atoms with Gasteiger partial charge >= 0.3 is 0 Å². The number of fused-ring (bicyclic) bond motifs is 2. The molecule has 1 aromatic heterocycles. The molecule has 5 heteroatoms. The molecular weight excluding hydrogens is 266 g/mol. The summed E-state index contributed by atoms with van der Waals surface area (Å²) in [7, 11) is 0. The fourth-order valence-corrected chi connectivity index (χ4v) is 2.79. The van der Waals surface area contributed by atoms with Crippen molar-refractivity contribution in [1.82, 2.24) is 9.55 Å². The van der Waals surface area contributed by atoms with Crippen molar-refractivity contribution in [3.8, 4) is 11.5 Å². The van der Waals surface area contributed by atoms with Gasteiger partial charge in [-0.15, -0.1) is 0 Å². The predicted octanol–water partition coefficient (Wildman–Crippen LogP) is 2.50. The zero-order valence-corrected chi connectivity index (χ0v) is 12.6. The molecule has 1 aliphatic rings. The molecule has 0 fully saturated rings. The summed E-state index contributed by atoms with van der Waals surface area (Å²) in [6, 6.07) is 4.07. The van der Waals surface area contributed by atoms with Gasteiger partial charge < -0.3 is 19.8 Å². The Balaban J connectivity index is 2.01. The van der Waals surface area contributed by atoms with Gasteiger partial charge in [0.05, 0.1) is 11.0 Å². The molecule has 0 saturated carbocycles. The lowest BCUT2D eigenvalue weighted by Crippen LogP contribution is -2.15. The SMILES string of the molecule is CCCc1nc2cc3c(cc2n1CCCCN)OCCO3. The second-order valence-electron chi connectivity index (χ2n) is 5.41. The van der Waals surface area contributed by atoms with Crippen molar-refractivity contribution in [2.24, 2.45) is 5.73 Å². The highest BCUT2D eigenvalue weighted by Crippen LogP contribution is 2.35. The van der Waals surface area contributed by atoms with Gasteiger partial charge in [-0.1, -0.05) is 6.92 Å². The van der Waals surface area contributed by atoms with Crippen LogP contribution in [0.25, 0.3) is 11.0 Å². The van der Waals surface area contributed by atoms with Crippen molar-refractivity contribution >= 4 is 11.0 Å². The molecule has 5 nitrogen and oxygen atoms in total. The first-order valence-corrected chi connectivity index (χ1v) is 7.82. The summed E-state index contributed by atoms with van der Waals surface area (Å²) >= 11 is 0. The molecule has 0 saturated heterocycles. The number of hydrogen-bond acceptors (Lipinski definition) is 4. The van der Waals surface area contributed by atoms with Gasteiger partial charge in [-0.25, -0.2) is 4.98 Å². The summed E-state index contributed by atoms with van der Waals surface area (Å²) in [5.41, 5.74) is 7.74. The molecule has 0 atom stereocenters. The summed E-state index contributed by atoms with van der Waals surface area (Å²) in [5, 5.41) is 0. The van der Waals surface area contributed by atoms with Gasteiger partial charge in [-0.3, -0.25) is 0 Å². The molecule has 0 aliphatic carbocycles. The lowest BCUT2D eigenvalue weighted by molar-refractivity contribution is 0.172. The molecule has 0 radical (unpaired) electrons. The second kappa shape index (κ2) is 6.35. The molecule has 0 amide bonds. The van der Waals surface area contributed by atoms with E-state index in [4.69, 9.17) is 20.2 Å². The van der Waals surface area contributed by atoms with Crippen molar-refractivity contribution < 1.29 is 9.47 Å². The number of nitrogens with zero attached hydrogens (tertiary/aromatic N) is 2. The van der Waals surface area contributed by atoms with E-state index >= 15 is 0 Å². The largest absolute Gasteiger partial charge is 0.486 e. The van der Waals surface area contributed by atoms with Crippen LogP contribution in [0.2, 0.25) is 0 Å². The highest BCUT2D eigenvalue weighted by atomic mass is 16.6. The van der Waals surface area contributed by atoms with Crippen molar-refractivity contribution in [2.45, 2.75) is 39.2 Å². The van der Waals surface area contributed by atoms with Crippen LogP contribution in [-0.4, -0.2) is 29.3 Å². The van der Waals surface area contributed by atoms with E-state index in [1.54, 1.807) is 0 Å². The molecular formula is C16H23N3O2. The van der Waals surface area contributed by atoms with Gasteiger partial charge in [0.2, 0.25) is 0 Å².